The minimum atomic E-state index is -3.66. The van der Waals surface area contributed by atoms with Gasteiger partial charge in [-0.2, -0.15) is 0 Å². The maximum Gasteiger partial charge on any atom is 0.261 e. The molecule has 0 atom stereocenters. The summed E-state index contributed by atoms with van der Waals surface area (Å²) in [6, 6.07) is 13.5. The maximum absolute atomic E-state index is 12.4. The van der Waals surface area contributed by atoms with E-state index in [2.05, 4.69) is 16.6 Å². The van der Waals surface area contributed by atoms with Crippen LogP contribution in [0.15, 0.2) is 53.4 Å². The van der Waals surface area contributed by atoms with Gasteiger partial charge in [0.15, 0.2) is 0 Å². The highest BCUT2D eigenvalue weighted by molar-refractivity contribution is 7.92. The zero-order valence-corrected chi connectivity index (χ0v) is 12.3. The van der Waals surface area contributed by atoms with Gasteiger partial charge in [-0.3, -0.25) is 4.72 Å². The van der Waals surface area contributed by atoms with E-state index in [-0.39, 0.29) is 11.5 Å². The fourth-order valence-corrected chi connectivity index (χ4v) is 2.95. The average molecular weight is 301 g/mol. The fraction of sp³-hybridized carbons (Fsp3) is 0.125. The first-order chi connectivity index (χ1) is 10.0. The Morgan fingerprint density at radius 3 is 2.62 bits per heavy atom. The van der Waals surface area contributed by atoms with Gasteiger partial charge in [0.25, 0.3) is 10.0 Å². The fourth-order valence-electron chi connectivity index (χ4n) is 1.77. The van der Waals surface area contributed by atoms with Crippen molar-refractivity contribution < 1.29 is 13.5 Å². The largest absolute Gasteiger partial charge is 0.384 e. The van der Waals surface area contributed by atoms with Crippen molar-refractivity contribution in [3.63, 3.8) is 0 Å². The summed E-state index contributed by atoms with van der Waals surface area (Å²) in [5.41, 5.74) is 1.93. The molecule has 0 aliphatic rings. The third-order valence-electron chi connectivity index (χ3n) is 2.85. The van der Waals surface area contributed by atoms with E-state index in [0.29, 0.717) is 11.3 Å². The van der Waals surface area contributed by atoms with Crippen LogP contribution in [0, 0.1) is 18.8 Å². The van der Waals surface area contributed by atoms with E-state index < -0.39 is 10.0 Å². The molecule has 21 heavy (non-hydrogen) atoms. The van der Waals surface area contributed by atoms with Crippen LogP contribution in [-0.2, 0) is 10.0 Å². The first kappa shape index (κ1) is 15.1. The van der Waals surface area contributed by atoms with Gasteiger partial charge in [0.2, 0.25) is 0 Å². The molecular formula is C16H15NO3S. The molecule has 0 fully saturated rings. The van der Waals surface area contributed by atoms with Crippen LogP contribution in [0.1, 0.15) is 11.1 Å². The van der Waals surface area contributed by atoms with Gasteiger partial charge in [0.1, 0.15) is 6.61 Å². The Labute approximate surface area is 124 Å². The van der Waals surface area contributed by atoms with Crippen LogP contribution >= 0.6 is 0 Å². The van der Waals surface area contributed by atoms with Gasteiger partial charge in [0, 0.05) is 5.56 Å². The molecule has 0 unspecified atom stereocenters. The van der Waals surface area contributed by atoms with Gasteiger partial charge in [0.05, 0.1) is 10.6 Å². The average Bonchev–Trinajstić information content (AvgIpc) is 2.48. The van der Waals surface area contributed by atoms with Crippen LogP contribution in [0.3, 0.4) is 0 Å². The van der Waals surface area contributed by atoms with Crippen LogP contribution in [-0.4, -0.2) is 20.1 Å². The lowest BCUT2D eigenvalue weighted by atomic mass is 10.2. The summed E-state index contributed by atoms with van der Waals surface area (Å²) in [4.78, 5) is 0.135. The highest BCUT2D eigenvalue weighted by Gasteiger charge is 2.15. The van der Waals surface area contributed by atoms with E-state index >= 15 is 0 Å². The topological polar surface area (TPSA) is 66.4 Å². The second-order valence-electron chi connectivity index (χ2n) is 4.41. The van der Waals surface area contributed by atoms with Crippen LogP contribution in [0.4, 0.5) is 5.69 Å². The SMILES string of the molecule is Cc1ccccc1NS(=O)(=O)c1cccc(C#CCO)c1. The van der Waals surface area contributed by atoms with Gasteiger partial charge < -0.3 is 5.11 Å². The number of aliphatic hydroxyl groups is 1. The van der Waals surface area contributed by atoms with Crippen molar-refractivity contribution in [1.29, 1.82) is 0 Å². The zero-order valence-electron chi connectivity index (χ0n) is 11.5. The summed E-state index contributed by atoms with van der Waals surface area (Å²) >= 11 is 0. The number of aliphatic hydroxyl groups excluding tert-OH is 1. The first-order valence-corrected chi connectivity index (χ1v) is 7.79. The Morgan fingerprint density at radius 2 is 1.90 bits per heavy atom. The number of rotatable bonds is 3. The second-order valence-corrected chi connectivity index (χ2v) is 6.09. The van der Waals surface area contributed by atoms with Crippen LogP contribution in [0.5, 0.6) is 0 Å². The number of aryl methyl sites for hydroxylation is 1. The lowest BCUT2D eigenvalue weighted by molar-refractivity contribution is 0.350. The summed E-state index contributed by atoms with van der Waals surface area (Å²) in [7, 11) is -3.66. The smallest absolute Gasteiger partial charge is 0.261 e. The summed E-state index contributed by atoms with van der Waals surface area (Å²) < 4.78 is 27.3. The van der Waals surface area contributed by atoms with Crippen LogP contribution < -0.4 is 4.72 Å². The number of anilines is 1. The van der Waals surface area contributed by atoms with Crippen LogP contribution in [0.25, 0.3) is 0 Å². The summed E-state index contributed by atoms with van der Waals surface area (Å²) in [5.74, 6) is 5.18. The molecule has 5 heteroatoms. The van der Waals surface area contributed by atoms with E-state index in [9.17, 15) is 8.42 Å². The zero-order chi connectivity index (χ0) is 15.3. The van der Waals surface area contributed by atoms with Crippen molar-refractivity contribution in [2.45, 2.75) is 11.8 Å². The molecule has 0 aliphatic heterocycles. The normalized spacial score (nSPS) is 10.6. The van der Waals surface area contributed by atoms with E-state index in [1.165, 1.54) is 12.1 Å². The Kier molecular flexibility index (Phi) is 4.63. The Hall–Kier alpha value is -2.29. The molecule has 0 amide bonds. The van der Waals surface area contributed by atoms with E-state index in [4.69, 9.17) is 5.11 Å². The Bertz CT molecular complexity index is 802. The number of benzene rings is 2. The van der Waals surface area contributed by atoms with Gasteiger partial charge in [-0.25, -0.2) is 8.42 Å². The second kappa shape index (κ2) is 6.44. The molecule has 0 aliphatic carbocycles. The lowest BCUT2D eigenvalue weighted by Crippen LogP contribution is -2.13. The molecule has 108 valence electrons. The molecule has 4 nitrogen and oxygen atoms in total. The maximum atomic E-state index is 12.4. The minimum absolute atomic E-state index is 0.135. The number of sulfonamides is 1. The Balaban J connectivity index is 2.34. The van der Waals surface area contributed by atoms with Gasteiger partial charge >= 0.3 is 0 Å². The molecule has 2 aromatic carbocycles. The summed E-state index contributed by atoms with van der Waals surface area (Å²) in [5, 5.41) is 8.68. The molecule has 2 rings (SSSR count). The number of hydrogen-bond acceptors (Lipinski definition) is 3. The predicted molar refractivity (Wildman–Crippen MR) is 82.4 cm³/mol. The standard InChI is InChI=1S/C16H15NO3S/c1-13-6-2-3-10-16(13)17-21(19,20)15-9-4-7-14(12-15)8-5-11-18/h2-4,6-7,9-10,12,17-18H,11H2,1H3. The molecule has 0 saturated heterocycles. The minimum Gasteiger partial charge on any atom is -0.384 e. The monoisotopic (exact) mass is 301 g/mol. The van der Waals surface area contributed by atoms with E-state index in [0.717, 1.165) is 5.56 Å². The highest BCUT2D eigenvalue weighted by Crippen LogP contribution is 2.19. The van der Waals surface area contributed by atoms with Crippen molar-refractivity contribution in [2.75, 3.05) is 11.3 Å². The summed E-state index contributed by atoms with van der Waals surface area (Å²) in [6.07, 6.45) is 0. The van der Waals surface area contributed by atoms with Crippen molar-refractivity contribution >= 4 is 15.7 Å². The van der Waals surface area contributed by atoms with Crippen molar-refractivity contribution in [3.05, 3.63) is 59.7 Å². The highest BCUT2D eigenvalue weighted by atomic mass is 32.2. The van der Waals surface area contributed by atoms with Crippen molar-refractivity contribution in [2.24, 2.45) is 0 Å². The van der Waals surface area contributed by atoms with E-state index in [1.807, 2.05) is 19.1 Å². The molecule has 0 radical (unpaired) electrons. The molecule has 0 spiro atoms. The van der Waals surface area contributed by atoms with Crippen molar-refractivity contribution in [3.8, 4) is 11.8 Å². The van der Waals surface area contributed by atoms with E-state index in [1.54, 1.807) is 24.3 Å². The molecule has 0 heterocycles. The lowest BCUT2D eigenvalue weighted by Gasteiger charge is -2.10. The predicted octanol–water partition coefficient (Wildman–Crippen LogP) is 2.14. The molecule has 0 bridgehead atoms. The third kappa shape index (κ3) is 3.85. The summed E-state index contributed by atoms with van der Waals surface area (Å²) in [6.45, 7) is 1.57. The van der Waals surface area contributed by atoms with Gasteiger partial charge in [-0.1, -0.05) is 36.1 Å². The third-order valence-corrected chi connectivity index (χ3v) is 4.21. The molecule has 2 aromatic rings. The molecule has 0 saturated carbocycles. The number of nitrogens with one attached hydrogen (secondary N) is 1. The first-order valence-electron chi connectivity index (χ1n) is 6.31. The molecule has 2 N–H and O–H groups in total. The number of para-hydroxylation sites is 1. The molecular weight excluding hydrogens is 286 g/mol. The molecule has 0 aromatic heterocycles. The van der Waals surface area contributed by atoms with Gasteiger partial charge in [-0.15, -0.1) is 0 Å². The quantitative estimate of drug-likeness (QED) is 0.854. The van der Waals surface area contributed by atoms with Gasteiger partial charge in [-0.05, 0) is 36.8 Å². The number of hydrogen-bond donors (Lipinski definition) is 2. The van der Waals surface area contributed by atoms with Crippen LogP contribution in [0.2, 0.25) is 0 Å². The van der Waals surface area contributed by atoms with Crippen molar-refractivity contribution in [1.82, 2.24) is 0 Å². The Morgan fingerprint density at radius 1 is 1.14 bits per heavy atom.